The Morgan fingerprint density at radius 1 is 1.20 bits per heavy atom. The van der Waals surface area contributed by atoms with E-state index in [4.69, 9.17) is 5.73 Å². The van der Waals surface area contributed by atoms with Crippen LogP contribution in [-0.4, -0.2) is 12.6 Å². The average molecular weight is 206 g/mol. The van der Waals surface area contributed by atoms with Gasteiger partial charge in [0.25, 0.3) is 0 Å². The van der Waals surface area contributed by atoms with Crippen LogP contribution in [0.1, 0.15) is 27.7 Å². The van der Waals surface area contributed by atoms with Crippen LogP contribution < -0.4 is 10.6 Å². The molecule has 2 heteroatoms. The first-order chi connectivity index (χ1) is 7.00. The molecule has 0 unspecified atom stereocenters. The Labute approximate surface area is 93.1 Å². The van der Waals surface area contributed by atoms with E-state index in [2.05, 4.69) is 38.7 Å². The van der Waals surface area contributed by atoms with E-state index in [9.17, 15) is 0 Å². The van der Waals surface area contributed by atoms with Gasteiger partial charge in [0.15, 0.2) is 0 Å². The molecule has 0 aliphatic rings. The second kappa shape index (κ2) is 5.06. The molecule has 1 rings (SSSR count). The summed E-state index contributed by atoms with van der Waals surface area (Å²) in [6.07, 6.45) is 0. The molecule has 0 aliphatic carbocycles. The standard InChI is InChI=1S/C13H22N2/c1-10(2)9-15(11(3)4)13-7-5-6-12(14)8-13/h5-8,10-11H,9,14H2,1-4H3. The summed E-state index contributed by atoms with van der Waals surface area (Å²) in [6, 6.07) is 8.62. The normalized spacial score (nSPS) is 11.1. The molecule has 0 bridgehead atoms. The number of rotatable bonds is 4. The highest BCUT2D eigenvalue weighted by atomic mass is 15.2. The smallest absolute Gasteiger partial charge is 0.0389 e. The van der Waals surface area contributed by atoms with Crippen LogP contribution in [0.2, 0.25) is 0 Å². The molecule has 2 nitrogen and oxygen atoms in total. The van der Waals surface area contributed by atoms with E-state index < -0.39 is 0 Å². The summed E-state index contributed by atoms with van der Waals surface area (Å²) in [6.45, 7) is 9.97. The van der Waals surface area contributed by atoms with Crippen molar-refractivity contribution in [3.63, 3.8) is 0 Å². The Bertz CT molecular complexity index is 305. The molecule has 0 fully saturated rings. The van der Waals surface area contributed by atoms with Gasteiger partial charge in [0.05, 0.1) is 0 Å². The zero-order valence-corrected chi connectivity index (χ0v) is 10.2. The summed E-state index contributed by atoms with van der Waals surface area (Å²) in [5.74, 6) is 0.661. The lowest BCUT2D eigenvalue weighted by Gasteiger charge is -2.30. The Hall–Kier alpha value is -1.18. The van der Waals surface area contributed by atoms with Crippen LogP contribution in [-0.2, 0) is 0 Å². The SMILES string of the molecule is CC(C)CN(c1cccc(N)c1)C(C)C. The van der Waals surface area contributed by atoms with Gasteiger partial charge in [-0.25, -0.2) is 0 Å². The minimum atomic E-state index is 0.509. The summed E-state index contributed by atoms with van der Waals surface area (Å²) in [5.41, 5.74) is 7.86. The van der Waals surface area contributed by atoms with Crippen LogP contribution in [0.5, 0.6) is 0 Å². The van der Waals surface area contributed by atoms with Crippen LogP contribution >= 0.6 is 0 Å². The lowest BCUT2D eigenvalue weighted by Crippen LogP contribution is -2.34. The molecule has 15 heavy (non-hydrogen) atoms. The maximum Gasteiger partial charge on any atom is 0.0389 e. The minimum Gasteiger partial charge on any atom is -0.399 e. The van der Waals surface area contributed by atoms with Crippen LogP contribution in [0.25, 0.3) is 0 Å². The third-order valence-corrected chi connectivity index (χ3v) is 2.39. The van der Waals surface area contributed by atoms with Gasteiger partial charge in [0.2, 0.25) is 0 Å². The van der Waals surface area contributed by atoms with Gasteiger partial charge in [-0.05, 0) is 38.0 Å². The molecule has 0 saturated carbocycles. The summed E-state index contributed by atoms with van der Waals surface area (Å²) in [4.78, 5) is 2.39. The number of anilines is 2. The predicted molar refractivity (Wildman–Crippen MR) is 68.2 cm³/mol. The molecule has 0 aliphatic heterocycles. The number of benzene rings is 1. The first-order valence-electron chi connectivity index (χ1n) is 5.63. The Morgan fingerprint density at radius 3 is 2.33 bits per heavy atom. The summed E-state index contributed by atoms with van der Waals surface area (Å²) < 4.78 is 0. The van der Waals surface area contributed by atoms with Crippen molar-refractivity contribution in [2.75, 3.05) is 17.2 Å². The molecular formula is C13H22N2. The molecule has 0 atom stereocenters. The van der Waals surface area contributed by atoms with E-state index in [1.807, 2.05) is 18.2 Å². The Kier molecular flexibility index (Phi) is 4.01. The molecule has 0 saturated heterocycles. The van der Waals surface area contributed by atoms with Crippen molar-refractivity contribution in [1.82, 2.24) is 0 Å². The van der Waals surface area contributed by atoms with Crippen molar-refractivity contribution in [2.45, 2.75) is 33.7 Å². The zero-order chi connectivity index (χ0) is 11.4. The quantitative estimate of drug-likeness (QED) is 0.767. The van der Waals surface area contributed by atoms with E-state index in [0.29, 0.717) is 12.0 Å². The van der Waals surface area contributed by atoms with E-state index in [-0.39, 0.29) is 0 Å². The van der Waals surface area contributed by atoms with Gasteiger partial charge in [-0.2, -0.15) is 0 Å². The predicted octanol–water partition coefficient (Wildman–Crippen LogP) is 3.14. The molecule has 0 spiro atoms. The van der Waals surface area contributed by atoms with Crippen LogP contribution in [0, 0.1) is 5.92 Å². The van der Waals surface area contributed by atoms with Crippen LogP contribution in [0.4, 0.5) is 11.4 Å². The first-order valence-corrected chi connectivity index (χ1v) is 5.63. The highest BCUT2D eigenvalue weighted by molar-refractivity contribution is 5.56. The van der Waals surface area contributed by atoms with E-state index in [1.165, 1.54) is 5.69 Å². The lowest BCUT2D eigenvalue weighted by atomic mass is 10.1. The van der Waals surface area contributed by atoms with Crippen molar-refractivity contribution >= 4 is 11.4 Å². The molecule has 2 N–H and O–H groups in total. The van der Waals surface area contributed by atoms with E-state index in [1.54, 1.807) is 0 Å². The number of nitrogen functional groups attached to an aromatic ring is 1. The molecule has 84 valence electrons. The number of hydrogen-bond acceptors (Lipinski definition) is 2. The van der Waals surface area contributed by atoms with E-state index >= 15 is 0 Å². The van der Waals surface area contributed by atoms with Crippen molar-refractivity contribution in [2.24, 2.45) is 5.92 Å². The maximum absolute atomic E-state index is 5.80. The minimum absolute atomic E-state index is 0.509. The van der Waals surface area contributed by atoms with Gasteiger partial charge >= 0.3 is 0 Å². The van der Waals surface area contributed by atoms with Crippen molar-refractivity contribution in [3.8, 4) is 0 Å². The topological polar surface area (TPSA) is 29.3 Å². The molecule has 0 radical (unpaired) electrons. The van der Waals surface area contributed by atoms with E-state index in [0.717, 1.165) is 12.2 Å². The number of nitrogens with two attached hydrogens (primary N) is 1. The highest BCUT2D eigenvalue weighted by Crippen LogP contribution is 2.20. The Morgan fingerprint density at radius 2 is 1.87 bits per heavy atom. The largest absolute Gasteiger partial charge is 0.399 e. The molecule has 0 amide bonds. The fourth-order valence-corrected chi connectivity index (χ4v) is 1.71. The summed E-state index contributed by atoms with van der Waals surface area (Å²) >= 11 is 0. The molecule has 0 aromatic heterocycles. The zero-order valence-electron chi connectivity index (χ0n) is 10.2. The number of nitrogens with zero attached hydrogens (tertiary/aromatic N) is 1. The fraction of sp³-hybridized carbons (Fsp3) is 0.538. The van der Waals surface area contributed by atoms with Gasteiger partial charge in [-0.3, -0.25) is 0 Å². The van der Waals surface area contributed by atoms with Crippen LogP contribution in [0.15, 0.2) is 24.3 Å². The third kappa shape index (κ3) is 3.46. The van der Waals surface area contributed by atoms with Crippen molar-refractivity contribution in [3.05, 3.63) is 24.3 Å². The summed E-state index contributed by atoms with van der Waals surface area (Å²) in [7, 11) is 0. The van der Waals surface area contributed by atoms with Gasteiger partial charge < -0.3 is 10.6 Å². The van der Waals surface area contributed by atoms with Gasteiger partial charge in [-0.1, -0.05) is 19.9 Å². The summed E-state index contributed by atoms with van der Waals surface area (Å²) in [5, 5.41) is 0. The fourth-order valence-electron chi connectivity index (χ4n) is 1.71. The van der Waals surface area contributed by atoms with Crippen molar-refractivity contribution in [1.29, 1.82) is 0 Å². The molecule has 1 aromatic carbocycles. The van der Waals surface area contributed by atoms with Gasteiger partial charge in [0.1, 0.15) is 0 Å². The van der Waals surface area contributed by atoms with Crippen LogP contribution in [0.3, 0.4) is 0 Å². The van der Waals surface area contributed by atoms with Crippen molar-refractivity contribution < 1.29 is 0 Å². The second-order valence-electron chi connectivity index (χ2n) is 4.73. The average Bonchev–Trinajstić information content (AvgIpc) is 2.13. The molecule has 1 aromatic rings. The molecule has 0 heterocycles. The van der Waals surface area contributed by atoms with Gasteiger partial charge in [0, 0.05) is 24.0 Å². The third-order valence-electron chi connectivity index (χ3n) is 2.39. The first kappa shape index (κ1) is 11.9. The van der Waals surface area contributed by atoms with Gasteiger partial charge in [-0.15, -0.1) is 0 Å². The lowest BCUT2D eigenvalue weighted by molar-refractivity contribution is 0.571. The highest BCUT2D eigenvalue weighted by Gasteiger charge is 2.11. The Balaban J connectivity index is 2.88. The second-order valence-corrected chi connectivity index (χ2v) is 4.73. The maximum atomic E-state index is 5.80. The molecular weight excluding hydrogens is 184 g/mol. The number of hydrogen-bond donors (Lipinski definition) is 1. The monoisotopic (exact) mass is 206 g/mol.